The molecule has 2 aliphatic rings. The van der Waals surface area contributed by atoms with Gasteiger partial charge in [0.25, 0.3) is 0 Å². The molecule has 0 aromatic rings. The van der Waals surface area contributed by atoms with Crippen molar-refractivity contribution >= 4 is 23.7 Å². The van der Waals surface area contributed by atoms with Gasteiger partial charge in [-0.05, 0) is 33.6 Å². The first-order valence-electron chi connectivity index (χ1n) is 9.46. The molecule has 0 amide bonds. The van der Waals surface area contributed by atoms with E-state index in [-0.39, 0.29) is 26.2 Å². The van der Waals surface area contributed by atoms with Crippen molar-refractivity contribution in [2.24, 2.45) is 16.7 Å². The first-order valence-corrected chi connectivity index (χ1v) is 9.46. The number of ether oxygens (including phenoxy) is 3. The minimum atomic E-state index is -2.07. The molecule has 1 spiro atoms. The Bertz CT molecular complexity index is 556. The fraction of sp³-hybridized carbons (Fsp3) is 0.789. The Balaban J connectivity index is 2.64. The topological polar surface area (TPSA) is 96.0 Å². The molecule has 146 valence electrons. The molecule has 0 heterocycles. The molecule has 2 fully saturated rings. The SMILES string of the molecule is CCOC(=O)C1CC(=O)C(C(=O)OCC)(C(=O)OCC)C12CCCCC2. The van der Waals surface area contributed by atoms with Crippen molar-refractivity contribution in [1.82, 2.24) is 0 Å². The average molecular weight is 368 g/mol. The highest BCUT2D eigenvalue weighted by atomic mass is 16.6. The highest BCUT2D eigenvalue weighted by Gasteiger charge is 2.76. The van der Waals surface area contributed by atoms with Crippen LogP contribution in [0.5, 0.6) is 0 Å². The lowest BCUT2D eigenvalue weighted by atomic mass is 9.55. The summed E-state index contributed by atoms with van der Waals surface area (Å²) >= 11 is 0. The van der Waals surface area contributed by atoms with Crippen LogP contribution in [0.4, 0.5) is 0 Å². The van der Waals surface area contributed by atoms with E-state index in [2.05, 4.69) is 0 Å². The van der Waals surface area contributed by atoms with Crippen LogP contribution in [0.15, 0.2) is 0 Å². The summed E-state index contributed by atoms with van der Waals surface area (Å²) in [6, 6.07) is 0. The molecule has 0 saturated heterocycles. The maximum absolute atomic E-state index is 13.1. The number of carbonyl (C=O) groups is 4. The van der Waals surface area contributed by atoms with Gasteiger partial charge in [0, 0.05) is 11.8 Å². The Labute approximate surface area is 153 Å². The zero-order chi connectivity index (χ0) is 19.4. The molecule has 0 N–H and O–H groups in total. The molecule has 0 aromatic heterocycles. The molecule has 1 atom stereocenters. The van der Waals surface area contributed by atoms with Crippen molar-refractivity contribution in [3.05, 3.63) is 0 Å². The third-order valence-electron chi connectivity index (χ3n) is 5.70. The normalized spacial score (nSPS) is 23.5. The van der Waals surface area contributed by atoms with Crippen LogP contribution in [-0.2, 0) is 33.4 Å². The molecule has 2 aliphatic carbocycles. The Morgan fingerprint density at radius 1 is 0.885 bits per heavy atom. The van der Waals surface area contributed by atoms with Crippen LogP contribution < -0.4 is 0 Å². The van der Waals surface area contributed by atoms with Crippen LogP contribution in [0, 0.1) is 16.7 Å². The monoisotopic (exact) mass is 368 g/mol. The van der Waals surface area contributed by atoms with E-state index in [0.717, 1.165) is 19.3 Å². The third kappa shape index (κ3) is 2.91. The van der Waals surface area contributed by atoms with Crippen molar-refractivity contribution in [3.8, 4) is 0 Å². The van der Waals surface area contributed by atoms with E-state index >= 15 is 0 Å². The minimum absolute atomic E-state index is 0.0351. The van der Waals surface area contributed by atoms with Gasteiger partial charge in [0.1, 0.15) is 0 Å². The maximum atomic E-state index is 13.1. The van der Waals surface area contributed by atoms with E-state index in [1.54, 1.807) is 20.8 Å². The smallest absolute Gasteiger partial charge is 0.331 e. The second-order valence-electron chi connectivity index (χ2n) is 6.84. The summed E-state index contributed by atoms with van der Waals surface area (Å²) < 4.78 is 15.5. The highest BCUT2D eigenvalue weighted by molar-refractivity contribution is 6.23. The van der Waals surface area contributed by atoms with Crippen molar-refractivity contribution in [1.29, 1.82) is 0 Å². The van der Waals surface area contributed by atoms with Crippen molar-refractivity contribution in [3.63, 3.8) is 0 Å². The third-order valence-corrected chi connectivity index (χ3v) is 5.70. The molecule has 0 aromatic carbocycles. The van der Waals surface area contributed by atoms with Gasteiger partial charge in [0.2, 0.25) is 5.41 Å². The number of Topliss-reactive ketones (excluding diaryl/α,β-unsaturated/α-hetero) is 1. The molecule has 26 heavy (non-hydrogen) atoms. The van der Waals surface area contributed by atoms with Gasteiger partial charge in [-0.1, -0.05) is 19.3 Å². The Morgan fingerprint density at radius 3 is 1.85 bits per heavy atom. The fourth-order valence-electron chi connectivity index (χ4n) is 4.73. The molecule has 0 radical (unpaired) electrons. The summed E-state index contributed by atoms with van der Waals surface area (Å²) in [5, 5.41) is 0. The van der Waals surface area contributed by atoms with Gasteiger partial charge in [-0.25, -0.2) is 0 Å². The molecule has 2 saturated carbocycles. The quantitative estimate of drug-likeness (QED) is 0.403. The Kier molecular flexibility index (Phi) is 6.42. The van der Waals surface area contributed by atoms with Gasteiger partial charge in [0.15, 0.2) is 5.78 Å². The number of ketones is 1. The summed E-state index contributed by atoms with van der Waals surface area (Å²) in [5.41, 5.74) is -3.20. The van der Waals surface area contributed by atoms with E-state index < -0.39 is 40.4 Å². The van der Waals surface area contributed by atoms with E-state index in [1.807, 2.05) is 0 Å². The average Bonchev–Trinajstić information content (AvgIpc) is 2.85. The van der Waals surface area contributed by atoms with Crippen LogP contribution in [0.25, 0.3) is 0 Å². The van der Waals surface area contributed by atoms with Gasteiger partial charge in [0.05, 0.1) is 25.7 Å². The van der Waals surface area contributed by atoms with E-state index in [4.69, 9.17) is 14.2 Å². The number of carbonyl (C=O) groups excluding carboxylic acids is 4. The van der Waals surface area contributed by atoms with Gasteiger partial charge in [-0.2, -0.15) is 0 Å². The van der Waals surface area contributed by atoms with E-state index in [9.17, 15) is 19.2 Å². The highest BCUT2D eigenvalue weighted by Crippen LogP contribution is 2.62. The van der Waals surface area contributed by atoms with Crippen molar-refractivity contribution in [2.75, 3.05) is 19.8 Å². The van der Waals surface area contributed by atoms with Crippen LogP contribution in [0.3, 0.4) is 0 Å². The standard InChI is InChI=1S/C19H28O7/c1-4-24-15(21)13-12-14(20)19(16(22)25-5-2,17(23)26-6-3)18(13)10-8-7-9-11-18/h13H,4-12H2,1-3H3. The van der Waals surface area contributed by atoms with Crippen LogP contribution in [-0.4, -0.2) is 43.5 Å². The number of hydrogen-bond donors (Lipinski definition) is 0. The van der Waals surface area contributed by atoms with Gasteiger partial charge in [-0.3, -0.25) is 19.2 Å². The van der Waals surface area contributed by atoms with E-state index in [0.29, 0.717) is 12.8 Å². The zero-order valence-corrected chi connectivity index (χ0v) is 15.8. The van der Waals surface area contributed by atoms with Gasteiger partial charge < -0.3 is 14.2 Å². The van der Waals surface area contributed by atoms with Crippen LogP contribution in [0.1, 0.15) is 59.3 Å². The second-order valence-corrected chi connectivity index (χ2v) is 6.84. The van der Waals surface area contributed by atoms with E-state index in [1.165, 1.54) is 0 Å². The molecule has 1 unspecified atom stereocenters. The Morgan fingerprint density at radius 2 is 1.38 bits per heavy atom. The molecule has 2 rings (SSSR count). The van der Waals surface area contributed by atoms with Crippen LogP contribution in [0.2, 0.25) is 0 Å². The molecular formula is C19H28O7. The maximum Gasteiger partial charge on any atom is 0.331 e. The van der Waals surface area contributed by atoms with Gasteiger partial charge in [-0.15, -0.1) is 0 Å². The zero-order valence-electron chi connectivity index (χ0n) is 15.8. The predicted molar refractivity (Wildman–Crippen MR) is 91.0 cm³/mol. The lowest BCUT2D eigenvalue weighted by Gasteiger charge is -2.45. The Hall–Kier alpha value is -1.92. The largest absolute Gasteiger partial charge is 0.466 e. The number of rotatable bonds is 6. The molecule has 0 bridgehead atoms. The summed E-state index contributed by atoms with van der Waals surface area (Å²) in [6.45, 7) is 5.16. The summed E-state index contributed by atoms with van der Waals surface area (Å²) in [5.74, 6) is -3.73. The molecule has 7 nitrogen and oxygen atoms in total. The summed E-state index contributed by atoms with van der Waals surface area (Å²) in [4.78, 5) is 51.7. The summed E-state index contributed by atoms with van der Waals surface area (Å²) in [7, 11) is 0. The molecular weight excluding hydrogens is 340 g/mol. The second kappa shape index (κ2) is 8.18. The minimum Gasteiger partial charge on any atom is -0.466 e. The van der Waals surface area contributed by atoms with Crippen molar-refractivity contribution in [2.45, 2.75) is 59.3 Å². The van der Waals surface area contributed by atoms with Gasteiger partial charge >= 0.3 is 17.9 Å². The lowest BCUT2D eigenvalue weighted by molar-refractivity contribution is -0.187. The molecule has 7 heteroatoms. The fourth-order valence-corrected chi connectivity index (χ4v) is 4.73. The number of esters is 3. The first-order chi connectivity index (χ1) is 12.4. The van der Waals surface area contributed by atoms with Crippen molar-refractivity contribution < 1.29 is 33.4 Å². The lowest BCUT2D eigenvalue weighted by Crippen LogP contribution is -2.58. The van der Waals surface area contributed by atoms with Crippen LogP contribution >= 0.6 is 0 Å². The predicted octanol–water partition coefficient (Wildman–Crippen LogP) is 2.20. The number of hydrogen-bond acceptors (Lipinski definition) is 7. The molecule has 0 aliphatic heterocycles. The summed E-state index contributed by atoms with van der Waals surface area (Å²) in [6.07, 6.45) is 3.01. The first kappa shape index (κ1) is 20.4.